The predicted octanol–water partition coefficient (Wildman–Crippen LogP) is 1.63. The summed E-state index contributed by atoms with van der Waals surface area (Å²) in [5, 5.41) is 3.62. The Balaban J connectivity index is 1.36. The molecular formula is C19H35N5. The first-order chi connectivity index (χ1) is 11.8. The number of rotatable bonds is 5. The maximum absolute atomic E-state index is 4.53. The Hall–Kier alpha value is -1.07. The molecule has 1 unspecified atom stereocenters. The smallest absolute Gasteiger partial charge is 0.193 e. The van der Waals surface area contributed by atoms with Gasteiger partial charge in [0.05, 0.1) is 0 Å². The van der Waals surface area contributed by atoms with E-state index in [4.69, 9.17) is 0 Å². The van der Waals surface area contributed by atoms with Crippen LogP contribution in [0, 0.1) is 5.92 Å². The van der Waals surface area contributed by atoms with Gasteiger partial charge in [0.1, 0.15) is 0 Å². The van der Waals surface area contributed by atoms with Gasteiger partial charge in [0.2, 0.25) is 0 Å². The first kappa shape index (κ1) is 17.7. The van der Waals surface area contributed by atoms with E-state index in [9.17, 15) is 0 Å². The zero-order valence-electron chi connectivity index (χ0n) is 15.6. The fourth-order valence-corrected chi connectivity index (χ4v) is 4.34. The summed E-state index contributed by atoms with van der Waals surface area (Å²) >= 11 is 0. The van der Waals surface area contributed by atoms with Crippen molar-refractivity contribution in [3.05, 3.63) is 12.2 Å². The van der Waals surface area contributed by atoms with Crippen LogP contribution in [-0.4, -0.2) is 86.1 Å². The fraction of sp³-hybridized carbons (Fsp3) is 0.842. The van der Waals surface area contributed by atoms with E-state index in [1.807, 2.05) is 7.05 Å². The van der Waals surface area contributed by atoms with E-state index in [1.165, 1.54) is 45.3 Å². The maximum Gasteiger partial charge on any atom is 0.193 e. The minimum atomic E-state index is 0.692. The van der Waals surface area contributed by atoms with Gasteiger partial charge in [0.25, 0.3) is 0 Å². The number of piperidine rings is 1. The average molecular weight is 334 g/mol. The van der Waals surface area contributed by atoms with E-state index in [0.717, 1.165) is 44.6 Å². The molecule has 3 aliphatic heterocycles. The van der Waals surface area contributed by atoms with Crippen LogP contribution in [0.2, 0.25) is 0 Å². The van der Waals surface area contributed by atoms with Crippen LogP contribution in [0.1, 0.15) is 32.6 Å². The third kappa shape index (κ3) is 4.51. The molecule has 3 heterocycles. The molecule has 3 aliphatic rings. The summed E-state index contributed by atoms with van der Waals surface area (Å²) < 4.78 is 0. The highest BCUT2D eigenvalue weighted by molar-refractivity contribution is 5.80. The SMILES string of the molecule is CCN1CCC(CCNC(=NC)N2CCC(N3CC=CC3)C2)CC1. The highest BCUT2D eigenvalue weighted by atomic mass is 15.3. The van der Waals surface area contributed by atoms with Gasteiger partial charge in [-0.05, 0) is 51.2 Å². The van der Waals surface area contributed by atoms with Crippen LogP contribution in [-0.2, 0) is 0 Å². The number of guanidine groups is 1. The molecule has 0 radical (unpaired) electrons. The largest absolute Gasteiger partial charge is 0.356 e. The Bertz CT molecular complexity index is 431. The molecule has 1 atom stereocenters. The summed E-state index contributed by atoms with van der Waals surface area (Å²) in [6.45, 7) is 11.6. The number of hydrogen-bond donors (Lipinski definition) is 1. The number of nitrogens with zero attached hydrogens (tertiary/aromatic N) is 4. The topological polar surface area (TPSA) is 34.1 Å². The van der Waals surface area contributed by atoms with Gasteiger partial charge in [0, 0.05) is 45.8 Å². The monoisotopic (exact) mass is 333 g/mol. The Morgan fingerprint density at radius 3 is 2.54 bits per heavy atom. The van der Waals surface area contributed by atoms with Crippen molar-refractivity contribution < 1.29 is 0 Å². The third-order valence-electron chi connectivity index (χ3n) is 6.03. The fourth-order valence-electron chi connectivity index (χ4n) is 4.34. The predicted molar refractivity (Wildman–Crippen MR) is 102 cm³/mol. The van der Waals surface area contributed by atoms with Crippen molar-refractivity contribution in [3.63, 3.8) is 0 Å². The summed E-state index contributed by atoms with van der Waals surface area (Å²) in [6, 6.07) is 0.692. The van der Waals surface area contributed by atoms with E-state index < -0.39 is 0 Å². The van der Waals surface area contributed by atoms with Crippen LogP contribution in [0.3, 0.4) is 0 Å². The Morgan fingerprint density at radius 1 is 1.12 bits per heavy atom. The van der Waals surface area contributed by atoms with Gasteiger partial charge in [-0.3, -0.25) is 9.89 Å². The van der Waals surface area contributed by atoms with Crippen LogP contribution in [0.5, 0.6) is 0 Å². The molecule has 0 aliphatic carbocycles. The molecule has 5 heteroatoms. The minimum Gasteiger partial charge on any atom is -0.356 e. The quantitative estimate of drug-likeness (QED) is 0.471. The van der Waals surface area contributed by atoms with Crippen LogP contribution in [0.15, 0.2) is 17.1 Å². The zero-order chi connectivity index (χ0) is 16.8. The second kappa shape index (κ2) is 8.86. The molecule has 0 spiro atoms. The van der Waals surface area contributed by atoms with Crippen molar-refractivity contribution in [2.45, 2.75) is 38.6 Å². The minimum absolute atomic E-state index is 0.692. The van der Waals surface area contributed by atoms with Crippen molar-refractivity contribution in [2.24, 2.45) is 10.9 Å². The molecule has 2 fully saturated rings. The highest BCUT2D eigenvalue weighted by Crippen LogP contribution is 2.20. The van der Waals surface area contributed by atoms with Crippen LogP contribution >= 0.6 is 0 Å². The molecule has 5 nitrogen and oxygen atoms in total. The summed E-state index contributed by atoms with van der Waals surface area (Å²) in [7, 11) is 1.92. The van der Waals surface area contributed by atoms with Crippen molar-refractivity contribution in [2.75, 3.05) is 59.4 Å². The molecule has 0 aromatic heterocycles. The van der Waals surface area contributed by atoms with Crippen molar-refractivity contribution >= 4 is 5.96 Å². The van der Waals surface area contributed by atoms with E-state index in [1.54, 1.807) is 0 Å². The normalized spacial score (nSPS) is 27.3. The third-order valence-corrected chi connectivity index (χ3v) is 6.03. The lowest BCUT2D eigenvalue weighted by atomic mass is 9.93. The molecule has 2 saturated heterocycles. The summed E-state index contributed by atoms with van der Waals surface area (Å²) in [6.07, 6.45) is 9.85. The van der Waals surface area contributed by atoms with Crippen LogP contribution in [0.4, 0.5) is 0 Å². The number of nitrogens with one attached hydrogen (secondary N) is 1. The van der Waals surface area contributed by atoms with Gasteiger partial charge in [0.15, 0.2) is 5.96 Å². The number of aliphatic imine (C=N–C) groups is 1. The maximum atomic E-state index is 4.53. The summed E-state index contributed by atoms with van der Waals surface area (Å²) in [5.41, 5.74) is 0. The average Bonchev–Trinajstić information content (AvgIpc) is 3.30. The highest BCUT2D eigenvalue weighted by Gasteiger charge is 2.29. The van der Waals surface area contributed by atoms with Gasteiger partial charge in [-0.2, -0.15) is 0 Å². The molecule has 24 heavy (non-hydrogen) atoms. The van der Waals surface area contributed by atoms with Gasteiger partial charge in [-0.15, -0.1) is 0 Å². The molecule has 136 valence electrons. The molecule has 0 bridgehead atoms. The lowest BCUT2D eigenvalue weighted by molar-refractivity contribution is 0.187. The number of likely N-dealkylation sites (tertiary alicyclic amines) is 2. The molecule has 0 aromatic carbocycles. The molecule has 1 N–H and O–H groups in total. The van der Waals surface area contributed by atoms with Crippen LogP contribution < -0.4 is 5.32 Å². The second-order valence-corrected chi connectivity index (χ2v) is 7.45. The van der Waals surface area contributed by atoms with E-state index in [0.29, 0.717) is 6.04 Å². The molecule has 0 saturated carbocycles. The lowest BCUT2D eigenvalue weighted by Gasteiger charge is -2.31. The molecular weight excluding hydrogens is 298 g/mol. The first-order valence-corrected chi connectivity index (χ1v) is 9.87. The van der Waals surface area contributed by atoms with E-state index >= 15 is 0 Å². The second-order valence-electron chi connectivity index (χ2n) is 7.45. The standard InChI is InChI=1S/C19H35N5/c1-3-22-13-7-17(8-14-22)6-10-21-19(20-2)24-15-9-18(16-24)23-11-4-5-12-23/h4-5,17-18H,3,6-16H2,1-2H3,(H,20,21). The molecule has 0 amide bonds. The Kier molecular flexibility index (Phi) is 6.55. The van der Waals surface area contributed by atoms with Gasteiger partial charge >= 0.3 is 0 Å². The van der Waals surface area contributed by atoms with Crippen molar-refractivity contribution in [1.82, 2.24) is 20.0 Å². The van der Waals surface area contributed by atoms with Crippen LogP contribution in [0.25, 0.3) is 0 Å². The number of hydrogen-bond acceptors (Lipinski definition) is 3. The van der Waals surface area contributed by atoms with Gasteiger partial charge < -0.3 is 15.1 Å². The summed E-state index contributed by atoms with van der Waals surface area (Å²) in [5.74, 6) is 2.00. The summed E-state index contributed by atoms with van der Waals surface area (Å²) in [4.78, 5) is 12.1. The lowest BCUT2D eigenvalue weighted by Crippen LogP contribution is -2.43. The Morgan fingerprint density at radius 2 is 1.88 bits per heavy atom. The zero-order valence-corrected chi connectivity index (χ0v) is 15.6. The van der Waals surface area contributed by atoms with Gasteiger partial charge in [-0.1, -0.05) is 19.1 Å². The van der Waals surface area contributed by atoms with E-state index in [-0.39, 0.29) is 0 Å². The van der Waals surface area contributed by atoms with E-state index in [2.05, 4.69) is 44.1 Å². The van der Waals surface area contributed by atoms with Crippen molar-refractivity contribution in [3.8, 4) is 0 Å². The Labute approximate surface area is 147 Å². The van der Waals surface area contributed by atoms with Crippen molar-refractivity contribution in [1.29, 1.82) is 0 Å². The first-order valence-electron chi connectivity index (χ1n) is 9.87. The molecule has 0 aromatic rings. The molecule has 3 rings (SSSR count). The van der Waals surface area contributed by atoms with Gasteiger partial charge in [-0.25, -0.2) is 0 Å².